The Balaban J connectivity index is 1.50. The minimum Gasteiger partial charge on any atom is -0.481 e. The van der Waals surface area contributed by atoms with Crippen LogP contribution in [-0.4, -0.2) is 35.6 Å². The summed E-state index contributed by atoms with van der Waals surface area (Å²) in [6.45, 7) is 2.68. The second-order valence-electron chi connectivity index (χ2n) is 6.93. The van der Waals surface area contributed by atoms with E-state index in [4.69, 9.17) is 0 Å². The Morgan fingerprint density at radius 3 is 2.52 bits per heavy atom. The maximum Gasteiger partial charge on any atom is 0.307 e. The van der Waals surface area contributed by atoms with Crippen LogP contribution in [0.2, 0.25) is 0 Å². The Morgan fingerprint density at radius 2 is 1.88 bits per heavy atom. The molecule has 132 valence electrons. The lowest BCUT2D eigenvalue weighted by Gasteiger charge is -2.30. The van der Waals surface area contributed by atoms with Crippen molar-refractivity contribution in [2.75, 3.05) is 19.6 Å². The van der Waals surface area contributed by atoms with Crippen molar-refractivity contribution in [2.24, 2.45) is 5.92 Å². The summed E-state index contributed by atoms with van der Waals surface area (Å²) in [5.74, 6) is -0.828. The fourth-order valence-electron chi connectivity index (χ4n) is 3.95. The number of hydrogen-bond donors (Lipinski definition) is 1. The van der Waals surface area contributed by atoms with Crippen LogP contribution in [0.25, 0.3) is 5.57 Å². The predicted molar refractivity (Wildman–Crippen MR) is 105 cm³/mol. The average molecular weight is 374 g/mol. The highest BCUT2D eigenvalue weighted by Crippen LogP contribution is 2.39. The van der Waals surface area contributed by atoms with E-state index in [0.717, 1.165) is 45.2 Å². The molecule has 25 heavy (non-hydrogen) atoms. The number of thiophene rings is 2. The highest BCUT2D eigenvalue weighted by Gasteiger charge is 2.25. The van der Waals surface area contributed by atoms with Gasteiger partial charge in [0, 0.05) is 28.4 Å². The third kappa shape index (κ3) is 3.59. The first kappa shape index (κ1) is 17.0. The standard InChI is InChI=1S/C20H23NO2S2/c22-20(23)16-3-1-9-21(13-16)10-2-4-17-18-14(7-11-24-18)5-6-15-8-12-25-19(15)17/h4,7-8,11-12,16H,1-3,5-6,9-10,13H2,(H,22,23)/t16-/m1/s1. The highest BCUT2D eigenvalue weighted by atomic mass is 32.1. The third-order valence-electron chi connectivity index (χ3n) is 5.30. The summed E-state index contributed by atoms with van der Waals surface area (Å²) in [6.07, 6.45) is 7.46. The molecule has 3 nitrogen and oxygen atoms in total. The molecule has 1 atom stereocenters. The van der Waals surface area contributed by atoms with E-state index < -0.39 is 5.97 Å². The average Bonchev–Trinajstić information content (AvgIpc) is 3.24. The lowest BCUT2D eigenvalue weighted by Crippen LogP contribution is -2.39. The molecule has 2 aliphatic rings. The Labute approximate surface area is 156 Å². The van der Waals surface area contributed by atoms with Crippen LogP contribution in [0.4, 0.5) is 0 Å². The van der Waals surface area contributed by atoms with Crippen molar-refractivity contribution < 1.29 is 9.90 Å². The van der Waals surface area contributed by atoms with Crippen molar-refractivity contribution in [1.82, 2.24) is 4.90 Å². The van der Waals surface area contributed by atoms with Crippen LogP contribution >= 0.6 is 22.7 Å². The number of fused-ring (bicyclic) bond motifs is 2. The number of carboxylic acid groups (broad SMARTS) is 1. The summed E-state index contributed by atoms with van der Waals surface area (Å²) in [5, 5.41) is 13.7. The summed E-state index contributed by atoms with van der Waals surface area (Å²) >= 11 is 3.70. The molecule has 3 heterocycles. The molecule has 5 heteroatoms. The number of hydrogen-bond acceptors (Lipinski definition) is 4. The van der Waals surface area contributed by atoms with Crippen molar-refractivity contribution >= 4 is 34.2 Å². The summed E-state index contributed by atoms with van der Waals surface area (Å²) in [5.41, 5.74) is 4.35. The van der Waals surface area contributed by atoms with Gasteiger partial charge in [-0.2, -0.15) is 0 Å². The fraction of sp³-hybridized carbons (Fsp3) is 0.450. The van der Waals surface area contributed by atoms with Gasteiger partial charge in [-0.15, -0.1) is 22.7 Å². The molecular formula is C20H23NO2S2. The van der Waals surface area contributed by atoms with Crippen LogP contribution in [0, 0.1) is 5.92 Å². The largest absolute Gasteiger partial charge is 0.481 e. The Bertz CT molecular complexity index is 745. The number of aryl methyl sites for hydroxylation is 2. The van der Waals surface area contributed by atoms with Crippen molar-refractivity contribution in [2.45, 2.75) is 32.1 Å². The molecular weight excluding hydrogens is 350 g/mol. The van der Waals surface area contributed by atoms with Crippen LogP contribution in [0.3, 0.4) is 0 Å². The molecule has 4 rings (SSSR count). The molecule has 2 aromatic heterocycles. The normalized spacial score (nSPS) is 20.6. The maximum atomic E-state index is 11.2. The zero-order chi connectivity index (χ0) is 17.2. The van der Waals surface area contributed by atoms with E-state index in [1.807, 2.05) is 22.7 Å². The Morgan fingerprint density at radius 1 is 1.20 bits per heavy atom. The molecule has 1 aliphatic heterocycles. The summed E-state index contributed by atoms with van der Waals surface area (Å²) in [7, 11) is 0. The van der Waals surface area contributed by atoms with E-state index in [0.29, 0.717) is 6.54 Å². The molecule has 1 N–H and O–H groups in total. The molecule has 0 aromatic carbocycles. The molecule has 2 aromatic rings. The lowest BCUT2D eigenvalue weighted by atomic mass is 9.98. The lowest BCUT2D eigenvalue weighted by molar-refractivity contribution is -0.143. The Kier molecular flexibility index (Phi) is 5.06. The fourth-order valence-corrected chi connectivity index (χ4v) is 6.02. The molecule has 1 aliphatic carbocycles. The zero-order valence-corrected chi connectivity index (χ0v) is 15.9. The van der Waals surface area contributed by atoms with Gasteiger partial charge in [-0.05, 0) is 72.7 Å². The van der Waals surface area contributed by atoms with Gasteiger partial charge in [-0.3, -0.25) is 4.79 Å². The van der Waals surface area contributed by atoms with Crippen LogP contribution in [0.5, 0.6) is 0 Å². The van der Waals surface area contributed by atoms with Crippen molar-refractivity contribution in [3.8, 4) is 0 Å². The first-order chi connectivity index (χ1) is 12.2. The molecule has 1 saturated heterocycles. The second kappa shape index (κ2) is 7.44. The molecule has 0 unspecified atom stereocenters. The number of rotatable bonds is 4. The number of nitrogens with zero attached hydrogens (tertiary/aromatic N) is 1. The number of aliphatic carboxylic acids is 1. The molecule has 0 spiro atoms. The van der Waals surface area contributed by atoms with Crippen LogP contribution in [0.1, 0.15) is 40.1 Å². The minimum atomic E-state index is -0.640. The van der Waals surface area contributed by atoms with Gasteiger partial charge < -0.3 is 10.0 Å². The van der Waals surface area contributed by atoms with Gasteiger partial charge in [-0.25, -0.2) is 0 Å². The van der Waals surface area contributed by atoms with Crippen LogP contribution in [-0.2, 0) is 17.6 Å². The summed E-state index contributed by atoms with van der Waals surface area (Å²) in [6, 6.07) is 4.54. The van der Waals surface area contributed by atoms with Gasteiger partial charge >= 0.3 is 5.97 Å². The quantitative estimate of drug-likeness (QED) is 0.856. The smallest absolute Gasteiger partial charge is 0.307 e. The van der Waals surface area contributed by atoms with Gasteiger partial charge in [0.15, 0.2) is 0 Å². The Hall–Kier alpha value is -1.43. The van der Waals surface area contributed by atoms with E-state index in [1.165, 1.54) is 26.5 Å². The van der Waals surface area contributed by atoms with Crippen molar-refractivity contribution in [3.05, 3.63) is 49.9 Å². The molecule has 0 bridgehead atoms. The first-order valence-electron chi connectivity index (χ1n) is 9.01. The molecule has 0 saturated carbocycles. The monoisotopic (exact) mass is 373 g/mol. The van der Waals surface area contributed by atoms with Gasteiger partial charge in [-0.1, -0.05) is 6.08 Å². The predicted octanol–water partition coefficient (Wildman–Crippen LogP) is 4.53. The maximum absolute atomic E-state index is 11.2. The summed E-state index contributed by atoms with van der Waals surface area (Å²) < 4.78 is 0. The number of likely N-dealkylation sites (tertiary alicyclic amines) is 1. The minimum absolute atomic E-state index is 0.188. The van der Waals surface area contributed by atoms with Gasteiger partial charge in [0.1, 0.15) is 0 Å². The summed E-state index contributed by atoms with van der Waals surface area (Å²) in [4.78, 5) is 16.4. The van der Waals surface area contributed by atoms with Gasteiger partial charge in [0.05, 0.1) is 5.92 Å². The van der Waals surface area contributed by atoms with Gasteiger partial charge in [0.2, 0.25) is 0 Å². The van der Waals surface area contributed by atoms with Crippen LogP contribution in [0.15, 0.2) is 29.0 Å². The molecule has 1 fully saturated rings. The number of piperidine rings is 1. The van der Waals surface area contributed by atoms with E-state index in [1.54, 1.807) is 0 Å². The number of carboxylic acids is 1. The SMILES string of the molecule is O=C(O)[C@@H]1CCCN(CCC=C2c3sccc3CCc3ccsc32)C1. The van der Waals surface area contributed by atoms with E-state index in [2.05, 4.69) is 33.9 Å². The van der Waals surface area contributed by atoms with Gasteiger partial charge in [0.25, 0.3) is 0 Å². The molecule has 0 radical (unpaired) electrons. The van der Waals surface area contributed by atoms with E-state index in [9.17, 15) is 9.90 Å². The molecule has 0 amide bonds. The number of carbonyl (C=O) groups is 1. The van der Waals surface area contributed by atoms with E-state index in [-0.39, 0.29) is 5.92 Å². The van der Waals surface area contributed by atoms with E-state index >= 15 is 0 Å². The van der Waals surface area contributed by atoms with Crippen molar-refractivity contribution in [1.29, 1.82) is 0 Å². The third-order valence-corrected chi connectivity index (χ3v) is 7.27. The second-order valence-corrected chi connectivity index (χ2v) is 8.77. The van der Waals surface area contributed by atoms with Crippen LogP contribution < -0.4 is 0 Å². The van der Waals surface area contributed by atoms with Crippen molar-refractivity contribution in [3.63, 3.8) is 0 Å². The topological polar surface area (TPSA) is 40.5 Å². The highest BCUT2D eigenvalue weighted by molar-refractivity contribution is 7.14. The first-order valence-corrected chi connectivity index (χ1v) is 10.8. The zero-order valence-electron chi connectivity index (χ0n) is 14.2.